The summed E-state index contributed by atoms with van der Waals surface area (Å²) in [6.45, 7) is 2.79. The van der Waals surface area contributed by atoms with E-state index in [0.29, 0.717) is 34.0 Å². The molecule has 2 aliphatic rings. The van der Waals surface area contributed by atoms with E-state index in [1.54, 1.807) is 24.0 Å². The van der Waals surface area contributed by atoms with Crippen LogP contribution in [0, 0.1) is 5.92 Å². The minimum atomic E-state index is -4.84. The number of halogens is 4. The van der Waals surface area contributed by atoms with Crippen LogP contribution in [0.4, 0.5) is 13.2 Å². The third-order valence-corrected chi connectivity index (χ3v) is 7.23. The number of hydrogen-bond donors (Lipinski definition) is 1. The van der Waals surface area contributed by atoms with Crippen molar-refractivity contribution in [3.63, 3.8) is 0 Å². The van der Waals surface area contributed by atoms with Crippen LogP contribution in [0.3, 0.4) is 0 Å². The molecule has 0 spiro atoms. The van der Waals surface area contributed by atoms with Crippen molar-refractivity contribution in [2.45, 2.75) is 44.9 Å². The predicted molar refractivity (Wildman–Crippen MR) is 111 cm³/mol. The van der Waals surface area contributed by atoms with Gasteiger partial charge in [-0.2, -0.15) is 13.2 Å². The molecule has 164 valence electrons. The summed E-state index contributed by atoms with van der Waals surface area (Å²) in [6.07, 6.45) is -0.486. The van der Waals surface area contributed by atoms with E-state index in [4.69, 9.17) is 16.3 Å². The molecule has 0 radical (unpaired) electrons. The Kier molecular flexibility index (Phi) is 6.51. The Hall–Kier alpha value is -1.64. The van der Waals surface area contributed by atoms with Gasteiger partial charge in [0.1, 0.15) is 5.75 Å². The largest absolute Gasteiger partial charge is 0.496 e. The smallest absolute Gasteiger partial charge is 0.421 e. The molecule has 9 heteroatoms. The van der Waals surface area contributed by atoms with Gasteiger partial charge in [-0.05, 0) is 50.8 Å². The highest BCUT2D eigenvalue weighted by Gasteiger charge is 2.55. The van der Waals surface area contributed by atoms with Crippen LogP contribution in [0.2, 0.25) is 5.02 Å². The molecule has 1 heterocycles. The third-order valence-electron chi connectivity index (χ3n) is 5.55. The summed E-state index contributed by atoms with van der Waals surface area (Å²) in [7, 11) is 1.42. The van der Waals surface area contributed by atoms with Crippen molar-refractivity contribution in [2.24, 2.45) is 5.92 Å². The maximum Gasteiger partial charge on any atom is 0.421 e. The topological polar surface area (TPSA) is 49.8 Å². The monoisotopic (exact) mass is 461 g/mol. The summed E-state index contributed by atoms with van der Waals surface area (Å²) < 4.78 is 45.7. The summed E-state index contributed by atoms with van der Waals surface area (Å²) >= 11 is 6.78. The maximum absolute atomic E-state index is 13.5. The zero-order chi connectivity index (χ0) is 22.3. The molecule has 1 unspecified atom stereocenters. The molecule has 1 fully saturated rings. The number of benzene rings is 1. The molecule has 0 bridgehead atoms. The summed E-state index contributed by atoms with van der Waals surface area (Å²) in [4.78, 5) is 14.4. The van der Waals surface area contributed by atoms with Crippen molar-refractivity contribution in [1.82, 2.24) is 4.90 Å². The molecule has 1 saturated carbocycles. The van der Waals surface area contributed by atoms with Gasteiger partial charge in [0.15, 0.2) is 11.4 Å². The van der Waals surface area contributed by atoms with Crippen molar-refractivity contribution >= 4 is 29.1 Å². The van der Waals surface area contributed by atoms with Crippen molar-refractivity contribution in [3.8, 4) is 5.75 Å². The fourth-order valence-electron chi connectivity index (χ4n) is 3.43. The minimum Gasteiger partial charge on any atom is -0.496 e. The van der Waals surface area contributed by atoms with Gasteiger partial charge in [0.2, 0.25) is 0 Å². The number of nitrogens with zero attached hydrogens (tertiary/aromatic N) is 1. The first-order valence-corrected chi connectivity index (χ1v) is 10.7. The Morgan fingerprint density at radius 2 is 2.07 bits per heavy atom. The highest BCUT2D eigenvalue weighted by Crippen LogP contribution is 2.51. The highest BCUT2D eigenvalue weighted by molar-refractivity contribution is 8.07. The third kappa shape index (κ3) is 4.36. The molecular formula is C21H23ClF3NO3S. The Bertz CT molecular complexity index is 907. The molecule has 1 aromatic carbocycles. The number of carbonyl (C=O) groups excluding carboxylic acids is 1. The molecule has 1 aliphatic heterocycles. The van der Waals surface area contributed by atoms with Gasteiger partial charge in [0.05, 0.1) is 22.6 Å². The normalized spacial score (nSPS) is 21.1. The summed E-state index contributed by atoms with van der Waals surface area (Å²) in [5.74, 6) is 0.230. The average molecular weight is 462 g/mol. The number of ketones is 1. The van der Waals surface area contributed by atoms with E-state index < -0.39 is 17.6 Å². The lowest BCUT2D eigenvalue weighted by Crippen LogP contribution is -2.43. The van der Waals surface area contributed by atoms with Crippen LogP contribution in [-0.4, -0.2) is 41.2 Å². The first-order chi connectivity index (χ1) is 14.0. The zero-order valence-corrected chi connectivity index (χ0v) is 18.4. The molecular weight excluding hydrogens is 439 g/mol. The molecule has 1 N–H and O–H groups in total. The molecule has 4 nitrogen and oxygen atoms in total. The first kappa shape index (κ1) is 23.0. The van der Waals surface area contributed by atoms with E-state index in [-0.39, 0.29) is 10.5 Å². The second kappa shape index (κ2) is 8.48. The molecule has 0 amide bonds. The SMILES string of the molecule is COc1ccc(Cl)cc1C(=O)/C=C1\SC(C(C)(O)C(F)(F)F)=C(C)N1CC1CCC1. The molecule has 1 atom stereocenters. The van der Waals surface area contributed by atoms with Crippen molar-refractivity contribution < 1.29 is 27.8 Å². The van der Waals surface area contributed by atoms with Gasteiger partial charge in [0.25, 0.3) is 0 Å². The van der Waals surface area contributed by atoms with E-state index in [1.165, 1.54) is 19.3 Å². The fraction of sp³-hybridized carbons (Fsp3) is 0.476. The predicted octanol–water partition coefficient (Wildman–Crippen LogP) is 5.77. The van der Waals surface area contributed by atoms with Gasteiger partial charge in [-0.1, -0.05) is 29.8 Å². The number of ether oxygens (including phenoxy) is 1. The second-order valence-electron chi connectivity index (χ2n) is 7.69. The highest BCUT2D eigenvalue weighted by atomic mass is 35.5. The Morgan fingerprint density at radius 1 is 1.40 bits per heavy atom. The van der Waals surface area contributed by atoms with Crippen LogP contribution in [0.5, 0.6) is 5.75 Å². The fourth-order valence-corrected chi connectivity index (χ4v) is 4.87. The van der Waals surface area contributed by atoms with Crippen molar-refractivity contribution in [1.29, 1.82) is 0 Å². The second-order valence-corrected chi connectivity index (χ2v) is 9.15. The molecule has 1 aliphatic carbocycles. The van der Waals surface area contributed by atoms with Crippen LogP contribution in [0.15, 0.2) is 39.9 Å². The van der Waals surface area contributed by atoms with Crippen LogP contribution in [0.1, 0.15) is 43.5 Å². The Morgan fingerprint density at radius 3 is 2.60 bits per heavy atom. The maximum atomic E-state index is 13.5. The van der Waals surface area contributed by atoms with Gasteiger partial charge >= 0.3 is 6.18 Å². The quantitative estimate of drug-likeness (QED) is 0.430. The lowest BCUT2D eigenvalue weighted by Gasteiger charge is -2.32. The number of thioether (sulfide) groups is 1. The number of allylic oxidation sites excluding steroid dienone is 2. The Balaban J connectivity index is 1.99. The first-order valence-electron chi connectivity index (χ1n) is 9.51. The van der Waals surface area contributed by atoms with Crippen molar-refractivity contribution in [2.75, 3.05) is 13.7 Å². The number of alkyl halides is 3. The standard InChI is InChI=1S/C21H23ClF3NO3S/c1-12-19(20(2,28)21(23,24)25)30-18(26(12)11-13-5-4-6-13)10-16(27)15-9-14(22)7-8-17(15)29-3/h7-10,13,28H,4-6,11H2,1-3H3/b18-10-. The minimum absolute atomic E-state index is 0.216. The lowest BCUT2D eigenvalue weighted by molar-refractivity contribution is -0.234. The molecule has 3 rings (SSSR count). The number of hydrogen-bond acceptors (Lipinski definition) is 5. The van der Waals surface area contributed by atoms with E-state index >= 15 is 0 Å². The molecule has 0 saturated heterocycles. The molecule has 30 heavy (non-hydrogen) atoms. The summed E-state index contributed by atoms with van der Waals surface area (Å²) in [5.41, 5.74) is -2.48. The van der Waals surface area contributed by atoms with E-state index in [1.807, 2.05) is 0 Å². The van der Waals surface area contributed by atoms with E-state index in [0.717, 1.165) is 37.9 Å². The number of rotatable bonds is 6. The number of methoxy groups -OCH3 is 1. The Labute approximate surface area is 182 Å². The van der Waals surface area contributed by atoms with Gasteiger partial charge in [-0.15, -0.1) is 0 Å². The summed E-state index contributed by atoms with van der Waals surface area (Å²) in [6, 6.07) is 4.61. The number of carbonyl (C=O) groups is 1. The molecule has 0 aromatic heterocycles. The zero-order valence-electron chi connectivity index (χ0n) is 16.8. The van der Waals surface area contributed by atoms with E-state index in [2.05, 4.69) is 0 Å². The summed E-state index contributed by atoms with van der Waals surface area (Å²) in [5, 5.41) is 10.9. The van der Waals surface area contributed by atoms with Crippen LogP contribution < -0.4 is 4.74 Å². The average Bonchev–Trinajstić information content (AvgIpc) is 2.93. The van der Waals surface area contributed by atoms with Gasteiger partial charge < -0.3 is 14.7 Å². The van der Waals surface area contributed by atoms with Gasteiger partial charge in [-0.3, -0.25) is 4.79 Å². The van der Waals surface area contributed by atoms with Gasteiger partial charge in [-0.25, -0.2) is 0 Å². The lowest BCUT2D eigenvalue weighted by atomic mass is 9.85. The van der Waals surface area contributed by atoms with Crippen molar-refractivity contribution in [3.05, 3.63) is 50.5 Å². The van der Waals surface area contributed by atoms with E-state index in [9.17, 15) is 23.1 Å². The van der Waals surface area contributed by atoms with Crippen LogP contribution in [-0.2, 0) is 0 Å². The van der Waals surface area contributed by atoms with Crippen LogP contribution >= 0.6 is 23.4 Å². The van der Waals surface area contributed by atoms with Gasteiger partial charge in [0, 0.05) is 23.3 Å². The van der Waals surface area contributed by atoms with Crippen LogP contribution in [0.25, 0.3) is 0 Å². The number of aliphatic hydroxyl groups is 1. The molecule has 1 aromatic rings.